The van der Waals surface area contributed by atoms with Gasteiger partial charge in [-0.3, -0.25) is 10.1 Å². The van der Waals surface area contributed by atoms with E-state index >= 15 is 0 Å². The topological polar surface area (TPSA) is 53.6 Å². The molecule has 2 aromatic carbocycles. The lowest BCUT2D eigenvalue weighted by atomic mass is 9.93. The minimum atomic E-state index is -0.287. The molecule has 4 nitrogen and oxygen atoms in total. The zero-order chi connectivity index (χ0) is 19.1. The maximum atomic E-state index is 13.7. The number of aryl methyl sites for hydroxylation is 1. The summed E-state index contributed by atoms with van der Waals surface area (Å²) in [6, 6.07) is 14.3. The fourth-order valence-electron chi connectivity index (χ4n) is 3.83. The third-order valence-corrected chi connectivity index (χ3v) is 5.56. The molecular weight excluding hydrogens is 375 g/mol. The summed E-state index contributed by atoms with van der Waals surface area (Å²) in [5.41, 5.74) is 5.78. The van der Waals surface area contributed by atoms with E-state index in [4.69, 9.17) is 16.6 Å². The molecule has 0 spiro atoms. The van der Waals surface area contributed by atoms with Crippen LogP contribution in [-0.2, 0) is 12.8 Å². The van der Waals surface area contributed by atoms with E-state index in [9.17, 15) is 4.39 Å². The minimum Gasteiger partial charge on any atom is -0.338 e. The Morgan fingerprint density at radius 1 is 1.04 bits per heavy atom. The van der Waals surface area contributed by atoms with Crippen LogP contribution in [0, 0.1) is 5.82 Å². The van der Waals surface area contributed by atoms with E-state index in [1.54, 1.807) is 6.07 Å². The Kier molecular flexibility index (Phi) is 4.24. The number of aromatic amines is 1. The van der Waals surface area contributed by atoms with Crippen molar-refractivity contribution in [2.75, 3.05) is 5.32 Å². The summed E-state index contributed by atoms with van der Waals surface area (Å²) >= 11 is 6.41. The Labute approximate surface area is 166 Å². The molecule has 4 aromatic rings. The number of nitrogens with one attached hydrogen (secondary N) is 2. The van der Waals surface area contributed by atoms with E-state index in [0.717, 1.165) is 59.2 Å². The van der Waals surface area contributed by atoms with Gasteiger partial charge in [0.1, 0.15) is 5.82 Å². The average Bonchev–Trinajstić information content (AvgIpc) is 3.10. The molecular formula is C22H18ClFN4. The van der Waals surface area contributed by atoms with Crippen molar-refractivity contribution >= 4 is 34.0 Å². The number of hydrogen-bond acceptors (Lipinski definition) is 3. The van der Waals surface area contributed by atoms with Crippen LogP contribution >= 0.6 is 11.6 Å². The Bertz CT molecular complexity index is 1180. The van der Waals surface area contributed by atoms with Crippen LogP contribution in [0.4, 0.5) is 15.9 Å². The normalized spacial score (nSPS) is 13.5. The lowest BCUT2D eigenvalue weighted by Crippen LogP contribution is -2.10. The molecule has 0 radical (unpaired) electrons. The summed E-state index contributed by atoms with van der Waals surface area (Å²) in [5, 5.41) is 12.1. The molecule has 140 valence electrons. The zero-order valence-electron chi connectivity index (χ0n) is 15.1. The molecule has 0 unspecified atom stereocenters. The van der Waals surface area contributed by atoms with Crippen LogP contribution in [0.25, 0.3) is 22.2 Å². The van der Waals surface area contributed by atoms with Crippen molar-refractivity contribution in [2.45, 2.75) is 25.7 Å². The fourth-order valence-corrected chi connectivity index (χ4v) is 4.06. The van der Waals surface area contributed by atoms with Gasteiger partial charge in [-0.15, -0.1) is 0 Å². The molecule has 28 heavy (non-hydrogen) atoms. The Balaban J connectivity index is 1.64. The third-order valence-electron chi connectivity index (χ3n) is 5.23. The first-order chi connectivity index (χ1) is 13.7. The van der Waals surface area contributed by atoms with Crippen LogP contribution in [0.3, 0.4) is 0 Å². The van der Waals surface area contributed by atoms with Gasteiger partial charge < -0.3 is 5.32 Å². The molecule has 0 bridgehead atoms. The van der Waals surface area contributed by atoms with Crippen molar-refractivity contribution in [1.29, 1.82) is 0 Å². The second-order valence-corrected chi connectivity index (χ2v) is 7.46. The molecule has 0 aliphatic heterocycles. The van der Waals surface area contributed by atoms with Gasteiger partial charge in [-0.25, -0.2) is 4.39 Å². The molecule has 0 atom stereocenters. The van der Waals surface area contributed by atoms with E-state index in [1.165, 1.54) is 17.7 Å². The number of anilines is 2. The fraction of sp³-hybridized carbons (Fsp3) is 0.182. The monoisotopic (exact) mass is 392 g/mol. The summed E-state index contributed by atoms with van der Waals surface area (Å²) < 4.78 is 13.7. The molecule has 5 rings (SSSR count). The highest BCUT2D eigenvalue weighted by Crippen LogP contribution is 2.36. The second-order valence-electron chi connectivity index (χ2n) is 7.05. The molecule has 0 fully saturated rings. The first kappa shape index (κ1) is 17.2. The predicted octanol–water partition coefficient (Wildman–Crippen LogP) is 6.04. The Hall–Kier alpha value is -2.92. The van der Waals surface area contributed by atoms with Gasteiger partial charge in [-0.1, -0.05) is 29.8 Å². The summed E-state index contributed by atoms with van der Waals surface area (Å²) in [6.07, 6.45) is 4.16. The number of H-pyrrole nitrogens is 1. The van der Waals surface area contributed by atoms with E-state index in [0.29, 0.717) is 10.8 Å². The number of halogens is 2. The molecule has 0 amide bonds. The molecule has 2 heterocycles. The first-order valence-corrected chi connectivity index (χ1v) is 9.75. The number of aromatic nitrogens is 3. The SMILES string of the molecule is Fc1ccc2[nH]nc(Nc3cc(-c4ccccc4Cl)nc4c3CCCC4)c2c1. The lowest BCUT2D eigenvalue weighted by molar-refractivity contribution is 0.630. The molecule has 1 aliphatic rings. The quantitative estimate of drug-likeness (QED) is 0.447. The second kappa shape index (κ2) is 6.91. The van der Waals surface area contributed by atoms with Crippen LogP contribution in [0.5, 0.6) is 0 Å². The molecule has 6 heteroatoms. The van der Waals surface area contributed by atoms with Gasteiger partial charge in [0, 0.05) is 27.4 Å². The number of nitrogens with zero attached hydrogens (tertiary/aromatic N) is 2. The van der Waals surface area contributed by atoms with Crippen LogP contribution in [0.15, 0.2) is 48.5 Å². The standard InChI is InChI=1S/C22H18ClFN4/c23-17-7-3-1-5-14(17)20-12-21(15-6-2-4-8-18(15)25-20)26-22-16-11-13(24)9-10-19(16)27-28-22/h1,3,5,7,9-12H,2,4,6,8H2,(H2,25,26,27,28). The van der Waals surface area contributed by atoms with Crippen molar-refractivity contribution in [1.82, 2.24) is 15.2 Å². The van der Waals surface area contributed by atoms with Crippen molar-refractivity contribution in [3.8, 4) is 11.3 Å². The average molecular weight is 393 g/mol. The van der Waals surface area contributed by atoms with Gasteiger partial charge in [0.25, 0.3) is 0 Å². The summed E-state index contributed by atoms with van der Waals surface area (Å²) in [7, 11) is 0. The van der Waals surface area contributed by atoms with Crippen LogP contribution in [0.1, 0.15) is 24.1 Å². The van der Waals surface area contributed by atoms with Crippen LogP contribution in [0.2, 0.25) is 5.02 Å². The molecule has 1 aliphatic carbocycles. The van der Waals surface area contributed by atoms with Gasteiger partial charge in [0.2, 0.25) is 0 Å². The van der Waals surface area contributed by atoms with E-state index in [1.807, 2.05) is 30.3 Å². The highest BCUT2D eigenvalue weighted by atomic mass is 35.5. The summed E-state index contributed by atoms with van der Waals surface area (Å²) in [4.78, 5) is 4.90. The zero-order valence-corrected chi connectivity index (χ0v) is 15.9. The van der Waals surface area contributed by atoms with Crippen LogP contribution in [-0.4, -0.2) is 15.2 Å². The van der Waals surface area contributed by atoms with Crippen molar-refractivity contribution in [2.24, 2.45) is 0 Å². The smallest absolute Gasteiger partial charge is 0.160 e. The summed E-state index contributed by atoms with van der Waals surface area (Å²) in [6.45, 7) is 0. The van der Waals surface area contributed by atoms with Gasteiger partial charge in [-0.2, -0.15) is 5.10 Å². The summed E-state index contributed by atoms with van der Waals surface area (Å²) in [5.74, 6) is 0.323. The molecule has 0 saturated carbocycles. The van der Waals surface area contributed by atoms with E-state index < -0.39 is 0 Å². The maximum absolute atomic E-state index is 13.7. The van der Waals surface area contributed by atoms with E-state index in [-0.39, 0.29) is 5.82 Å². The van der Waals surface area contributed by atoms with Gasteiger partial charge >= 0.3 is 0 Å². The number of fused-ring (bicyclic) bond motifs is 2. The van der Waals surface area contributed by atoms with Crippen molar-refractivity contribution in [3.63, 3.8) is 0 Å². The van der Waals surface area contributed by atoms with Crippen LogP contribution < -0.4 is 5.32 Å². The number of pyridine rings is 1. The van der Waals surface area contributed by atoms with E-state index in [2.05, 4.69) is 15.5 Å². The number of rotatable bonds is 3. The number of hydrogen-bond donors (Lipinski definition) is 2. The Morgan fingerprint density at radius 2 is 1.89 bits per heavy atom. The highest BCUT2D eigenvalue weighted by molar-refractivity contribution is 6.33. The molecule has 2 N–H and O–H groups in total. The van der Waals surface area contributed by atoms with Gasteiger partial charge in [-0.05, 0) is 61.6 Å². The first-order valence-electron chi connectivity index (χ1n) is 9.37. The predicted molar refractivity (Wildman–Crippen MR) is 111 cm³/mol. The van der Waals surface area contributed by atoms with Gasteiger partial charge in [0.05, 0.1) is 11.2 Å². The minimum absolute atomic E-state index is 0.287. The largest absolute Gasteiger partial charge is 0.338 e. The lowest BCUT2D eigenvalue weighted by Gasteiger charge is -2.21. The molecule has 2 aromatic heterocycles. The Morgan fingerprint density at radius 3 is 2.79 bits per heavy atom. The number of benzene rings is 2. The molecule has 0 saturated heterocycles. The van der Waals surface area contributed by atoms with Crippen molar-refractivity contribution in [3.05, 3.63) is 70.6 Å². The maximum Gasteiger partial charge on any atom is 0.160 e. The third kappa shape index (κ3) is 3.02. The highest BCUT2D eigenvalue weighted by Gasteiger charge is 2.19. The van der Waals surface area contributed by atoms with Gasteiger partial charge in [0.15, 0.2) is 5.82 Å². The van der Waals surface area contributed by atoms with Crippen molar-refractivity contribution < 1.29 is 4.39 Å².